The van der Waals surface area contributed by atoms with Crippen molar-refractivity contribution in [1.29, 1.82) is 0 Å². The molecule has 6 amide bonds. The standard InChI is InChI=1S/C59H82N6O15/c1-14-34(8)48-45(66)30-47(67)80-51(33(6)7)50(68)35(9)52(69)60-41(26-31(2)3)56(73)65-25-17-19-42(65)57(74)64(12)44(28-37-21-23-39(77-13)24-22-37)59(76)78-36(10)49(54(71)61-48)62-53(70)43(27-32(4)5)63(11)55(72)40-29-38-18-15-16-20-46(38)79-58(40)75/h15-16,18,20-24,29,31-36,41-45,48-49,51,66H,14,17,19,25-28,30H2,1-13H3,(H,60,69)(H,61,71)(H,62,70)/t34-,35-,36+,41-,42-,43+,44-,45-,48?,49-,51-/m0/s1. The van der Waals surface area contributed by atoms with Gasteiger partial charge in [0.1, 0.15) is 53.2 Å². The molecule has 1 aromatic heterocycles. The molecular weight excluding hydrogens is 1030 g/mol. The van der Waals surface area contributed by atoms with E-state index in [0.29, 0.717) is 29.5 Å². The Kier molecular flexibility index (Phi) is 22.5. The lowest BCUT2D eigenvalue weighted by Crippen LogP contribution is -2.61. The van der Waals surface area contributed by atoms with Crippen LogP contribution in [0, 0.1) is 29.6 Å². The van der Waals surface area contributed by atoms with E-state index in [-0.39, 0.29) is 55.2 Å². The van der Waals surface area contributed by atoms with E-state index in [2.05, 4.69) is 16.0 Å². The van der Waals surface area contributed by atoms with Crippen LogP contribution in [0.2, 0.25) is 0 Å². The zero-order valence-electron chi connectivity index (χ0n) is 48.4. The maximum atomic E-state index is 15.0. The number of para-hydroxylation sites is 1. The Morgan fingerprint density at radius 3 is 2.15 bits per heavy atom. The third-order valence-corrected chi connectivity index (χ3v) is 15.1. The molecule has 80 heavy (non-hydrogen) atoms. The van der Waals surface area contributed by atoms with Gasteiger partial charge in [-0.25, -0.2) is 9.59 Å². The van der Waals surface area contributed by atoms with Crippen LogP contribution in [0.3, 0.4) is 0 Å². The molecule has 438 valence electrons. The highest BCUT2D eigenvalue weighted by Crippen LogP contribution is 2.27. The van der Waals surface area contributed by atoms with E-state index in [9.17, 15) is 48.3 Å². The predicted octanol–water partition coefficient (Wildman–Crippen LogP) is 4.36. The Balaban J connectivity index is 1.63. The molecule has 3 heterocycles. The number of ketones is 1. The van der Waals surface area contributed by atoms with Crippen molar-refractivity contribution >= 4 is 64.1 Å². The topological polar surface area (TPSA) is 278 Å². The van der Waals surface area contributed by atoms with Crippen molar-refractivity contribution < 1.29 is 66.9 Å². The van der Waals surface area contributed by atoms with Gasteiger partial charge in [0.2, 0.25) is 29.5 Å². The summed E-state index contributed by atoms with van der Waals surface area (Å²) >= 11 is 0. The lowest BCUT2D eigenvalue weighted by molar-refractivity contribution is -0.163. The number of nitrogens with one attached hydrogen (secondary N) is 3. The van der Waals surface area contributed by atoms with Gasteiger partial charge in [-0.1, -0.05) is 92.1 Å². The molecule has 5 rings (SSSR count). The number of amides is 6. The number of carbonyl (C=O) groups is 9. The number of benzene rings is 2. The summed E-state index contributed by atoms with van der Waals surface area (Å²) in [5.74, 6) is -10.1. The summed E-state index contributed by atoms with van der Waals surface area (Å²) in [6.07, 6.45) is -4.48. The molecule has 21 nitrogen and oxygen atoms in total. The van der Waals surface area contributed by atoms with Gasteiger partial charge in [-0.2, -0.15) is 0 Å². The van der Waals surface area contributed by atoms with Gasteiger partial charge in [0.25, 0.3) is 5.91 Å². The summed E-state index contributed by atoms with van der Waals surface area (Å²) < 4.78 is 22.7. The number of fused-ring (bicyclic) bond motifs is 2. The van der Waals surface area contributed by atoms with Crippen LogP contribution in [0.1, 0.15) is 124 Å². The van der Waals surface area contributed by atoms with Gasteiger partial charge in [0.15, 0.2) is 11.9 Å². The van der Waals surface area contributed by atoms with Crippen LogP contribution >= 0.6 is 0 Å². The second kappa shape index (κ2) is 28.3. The fourth-order valence-electron chi connectivity index (χ4n) is 10.1. The van der Waals surface area contributed by atoms with Gasteiger partial charge < -0.3 is 54.4 Å². The first-order chi connectivity index (χ1) is 37.7. The molecule has 0 saturated carbocycles. The van der Waals surface area contributed by atoms with E-state index in [1.807, 2.05) is 13.8 Å². The minimum atomic E-state index is -1.79. The number of rotatable bonds is 14. The lowest BCUT2D eigenvalue weighted by Gasteiger charge is -2.36. The first-order valence-electron chi connectivity index (χ1n) is 27.7. The first-order valence-corrected chi connectivity index (χ1v) is 27.7. The summed E-state index contributed by atoms with van der Waals surface area (Å²) in [5, 5.41) is 20.5. The molecule has 0 bridgehead atoms. The summed E-state index contributed by atoms with van der Waals surface area (Å²) in [4.78, 5) is 147. The van der Waals surface area contributed by atoms with Crippen molar-refractivity contribution in [3.8, 4) is 5.75 Å². The molecule has 11 atom stereocenters. The molecule has 4 N–H and O–H groups in total. The third kappa shape index (κ3) is 15.8. The number of nitrogens with zero attached hydrogens (tertiary/aromatic N) is 3. The Bertz CT molecular complexity index is 2780. The lowest BCUT2D eigenvalue weighted by atomic mass is 9.91. The fraction of sp³-hybridized carbons (Fsp3) is 0.593. The van der Waals surface area contributed by atoms with Crippen molar-refractivity contribution in [3.63, 3.8) is 0 Å². The van der Waals surface area contributed by atoms with Gasteiger partial charge in [0, 0.05) is 32.4 Å². The molecule has 2 aromatic carbocycles. The summed E-state index contributed by atoms with van der Waals surface area (Å²) in [5.41, 5.74) is -0.489. The number of likely N-dealkylation sites (N-methyl/N-ethyl adjacent to an activating group) is 2. The van der Waals surface area contributed by atoms with Crippen molar-refractivity contribution in [2.45, 2.75) is 169 Å². The highest BCUT2D eigenvalue weighted by molar-refractivity contribution is 6.05. The van der Waals surface area contributed by atoms with Gasteiger partial charge in [-0.05, 0) is 93.0 Å². The van der Waals surface area contributed by atoms with Gasteiger partial charge in [-0.15, -0.1) is 0 Å². The van der Waals surface area contributed by atoms with E-state index in [1.54, 1.807) is 90.1 Å². The Morgan fingerprint density at radius 2 is 1.54 bits per heavy atom. The maximum absolute atomic E-state index is 15.0. The molecule has 2 fully saturated rings. The quantitative estimate of drug-likeness (QED) is 0.0992. The number of carbonyl (C=O) groups excluding carboxylic acids is 9. The molecule has 21 heteroatoms. The molecule has 0 spiro atoms. The second-order valence-corrected chi connectivity index (χ2v) is 22.5. The molecule has 0 radical (unpaired) electrons. The van der Waals surface area contributed by atoms with Crippen molar-refractivity contribution in [3.05, 3.63) is 76.1 Å². The molecule has 2 aliphatic heterocycles. The molecule has 3 aromatic rings. The summed E-state index contributed by atoms with van der Waals surface area (Å²) in [7, 11) is 4.21. The average Bonchev–Trinajstić information content (AvgIpc) is 3.91. The highest BCUT2D eigenvalue weighted by Gasteiger charge is 2.45. The van der Waals surface area contributed by atoms with E-state index >= 15 is 4.79 Å². The highest BCUT2D eigenvalue weighted by atomic mass is 16.6. The molecule has 2 saturated heterocycles. The predicted molar refractivity (Wildman–Crippen MR) is 296 cm³/mol. The number of hydrogen-bond donors (Lipinski definition) is 4. The minimum Gasteiger partial charge on any atom is -0.497 e. The summed E-state index contributed by atoms with van der Waals surface area (Å²) in [6.45, 7) is 16.8. The minimum absolute atomic E-state index is 0.0183. The number of esters is 2. The number of aliphatic hydroxyl groups excluding tert-OH is 1. The number of cyclic esters (lactones) is 2. The van der Waals surface area contributed by atoms with Crippen LogP contribution in [0.15, 0.2) is 63.8 Å². The van der Waals surface area contributed by atoms with Crippen molar-refractivity contribution in [1.82, 2.24) is 30.7 Å². The second-order valence-electron chi connectivity index (χ2n) is 22.5. The largest absolute Gasteiger partial charge is 0.497 e. The fourth-order valence-corrected chi connectivity index (χ4v) is 10.1. The van der Waals surface area contributed by atoms with Crippen LogP contribution in [-0.4, -0.2) is 155 Å². The van der Waals surface area contributed by atoms with E-state index in [1.165, 1.54) is 50.9 Å². The van der Waals surface area contributed by atoms with Gasteiger partial charge in [0.05, 0.1) is 31.6 Å². The number of aliphatic hydroxyl groups is 1. The van der Waals surface area contributed by atoms with Crippen LogP contribution in [-0.2, 0) is 54.3 Å². The van der Waals surface area contributed by atoms with E-state index in [4.69, 9.17) is 18.6 Å². The Morgan fingerprint density at radius 1 is 0.875 bits per heavy atom. The van der Waals surface area contributed by atoms with Crippen molar-refractivity contribution in [2.24, 2.45) is 29.6 Å². The van der Waals surface area contributed by atoms with Gasteiger partial charge >= 0.3 is 17.6 Å². The smallest absolute Gasteiger partial charge is 0.349 e. The van der Waals surface area contributed by atoms with E-state index < -0.39 is 138 Å². The Labute approximate surface area is 468 Å². The number of Topliss-reactive ketones (excluding diaryl/α,β-unsaturated/α-hetero) is 1. The average molecular weight is 1120 g/mol. The monoisotopic (exact) mass is 1110 g/mol. The van der Waals surface area contributed by atoms with Crippen LogP contribution < -0.4 is 26.3 Å². The van der Waals surface area contributed by atoms with Crippen LogP contribution in [0.4, 0.5) is 0 Å². The number of methoxy groups -OCH3 is 1. The SMILES string of the molecule is CC[C@H](C)C1NC(=O)[C@@H](NC(=O)[C@@H](CC(C)C)N(C)C(=O)c2cc3ccccc3oc2=O)[C@@H](C)OC(=O)[C@H](Cc2ccc(OC)cc2)N(C)C(=O)[C@@H]2CCCN2C(=O)[C@H](CC(C)C)NC(=O)[C@@H](C)C(=O)[C@H](C(C)C)OC(=O)C[C@@H]1O. The molecule has 2 aliphatic rings. The Hall–Kier alpha value is -7.16. The molecule has 0 aliphatic carbocycles. The first kappa shape index (κ1) is 63.7. The van der Waals surface area contributed by atoms with Crippen LogP contribution in [0.5, 0.6) is 5.75 Å². The van der Waals surface area contributed by atoms with Crippen molar-refractivity contribution in [2.75, 3.05) is 27.7 Å². The molecule has 1 unspecified atom stereocenters. The zero-order valence-corrected chi connectivity index (χ0v) is 48.4. The number of ether oxygens (including phenoxy) is 3. The number of hydrogen-bond acceptors (Lipinski definition) is 15. The normalized spacial score (nSPS) is 25.2. The summed E-state index contributed by atoms with van der Waals surface area (Å²) in [6, 6.07) is 6.60. The zero-order chi connectivity index (χ0) is 59.4. The van der Waals surface area contributed by atoms with E-state index in [0.717, 1.165) is 4.90 Å². The van der Waals surface area contributed by atoms with Crippen LogP contribution in [0.25, 0.3) is 11.0 Å². The third-order valence-electron chi connectivity index (χ3n) is 15.1. The molecular formula is C59H82N6O15. The van der Waals surface area contributed by atoms with Gasteiger partial charge in [-0.3, -0.25) is 38.4 Å². The maximum Gasteiger partial charge on any atom is 0.349 e.